The van der Waals surface area contributed by atoms with E-state index < -0.39 is 5.60 Å². The normalized spacial score (nSPS) is 10.1. The molecule has 2 nitrogen and oxygen atoms in total. The number of halogens is 1. The van der Waals surface area contributed by atoms with Crippen molar-refractivity contribution < 1.29 is 9.84 Å². The van der Waals surface area contributed by atoms with E-state index in [9.17, 15) is 5.11 Å². The number of hydrogen-bond acceptors (Lipinski definition) is 2. The number of hydrogen-bond donors (Lipinski definition) is 1. The lowest BCUT2D eigenvalue weighted by Gasteiger charge is -2.12. The third kappa shape index (κ3) is 7.21. The number of aliphatic hydroxyl groups is 1. The molecule has 0 atom stereocenters. The number of ether oxygens (including phenoxy) is 1. The largest absolute Gasteiger partial charge is 0.488 e. The van der Waals surface area contributed by atoms with Crippen molar-refractivity contribution in [2.24, 2.45) is 0 Å². The number of rotatable bonds is 4. The van der Waals surface area contributed by atoms with Gasteiger partial charge in [-0.15, -0.1) is 0 Å². The zero-order valence-electron chi connectivity index (χ0n) is 14.8. The van der Waals surface area contributed by atoms with E-state index in [0.717, 1.165) is 21.3 Å². The average Bonchev–Trinajstić information content (AvgIpc) is 2.57. The molecule has 0 unspecified atom stereocenters. The molecule has 0 aliphatic heterocycles. The Morgan fingerprint density at radius 2 is 1.71 bits per heavy atom. The van der Waals surface area contributed by atoms with Crippen molar-refractivity contribution in [3.8, 4) is 17.6 Å². The molecular formula is C21H25BrO2. The first-order valence-electron chi connectivity index (χ1n) is 8.12. The molecule has 0 aliphatic carbocycles. The molecule has 2 aromatic carbocycles. The molecule has 2 rings (SSSR count). The Balaban J connectivity index is 0.00000139. The Morgan fingerprint density at radius 3 is 2.33 bits per heavy atom. The monoisotopic (exact) mass is 388 g/mol. The molecule has 24 heavy (non-hydrogen) atoms. The van der Waals surface area contributed by atoms with E-state index in [1.54, 1.807) is 13.8 Å². The first-order valence-corrected chi connectivity index (χ1v) is 8.91. The summed E-state index contributed by atoms with van der Waals surface area (Å²) in [5.74, 6) is 6.84. The van der Waals surface area contributed by atoms with Crippen molar-refractivity contribution in [2.75, 3.05) is 0 Å². The van der Waals surface area contributed by atoms with Crippen LogP contribution in [0.15, 0.2) is 53.0 Å². The quantitative estimate of drug-likeness (QED) is 0.693. The van der Waals surface area contributed by atoms with E-state index in [4.69, 9.17) is 4.74 Å². The van der Waals surface area contributed by atoms with Gasteiger partial charge in [-0.1, -0.05) is 62.1 Å². The third-order valence-electron chi connectivity index (χ3n) is 2.95. The molecule has 128 valence electrons. The van der Waals surface area contributed by atoms with Crippen LogP contribution in [-0.2, 0) is 6.61 Å². The maximum Gasteiger partial charge on any atom is 0.136 e. The summed E-state index contributed by atoms with van der Waals surface area (Å²) in [6, 6.07) is 15.8. The van der Waals surface area contributed by atoms with E-state index in [0.29, 0.717) is 13.0 Å². The van der Waals surface area contributed by atoms with Gasteiger partial charge in [0.1, 0.15) is 12.4 Å². The predicted molar refractivity (Wildman–Crippen MR) is 104 cm³/mol. The molecular weight excluding hydrogens is 364 g/mol. The van der Waals surface area contributed by atoms with Gasteiger partial charge in [-0.05, 0) is 47.5 Å². The molecule has 0 heterocycles. The van der Waals surface area contributed by atoms with E-state index in [2.05, 4.69) is 27.8 Å². The minimum absolute atomic E-state index is 0.409. The van der Waals surface area contributed by atoms with E-state index in [-0.39, 0.29) is 0 Å². The van der Waals surface area contributed by atoms with Gasteiger partial charge in [0.15, 0.2) is 0 Å². The standard InChI is InChI=1S/C19H19BrO2.C2H6/c1-19(2,21)13-7-10-16-17(20)11-6-12-18(16)22-14-15-8-4-3-5-9-15;1-2/h3-6,8-9,11-12,21H,13-14H2,1-2H3;1-2H3. The fraction of sp³-hybridized carbons (Fsp3) is 0.333. The first kappa shape index (κ1) is 20.3. The molecule has 2 aromatic rings. The summed E-state index contributed by atoms with van der Waals surface area (Å²) < 4.78 is 6.78. The summed E-state index contributed by atoms with van der Waals surface area (Å²) in [6.07, 6.45) is 0.409. The summed E-state index contributed by atoms with van der Waals surface area (Å²) in [5.41, 5.74) is 1.12. The number of benzene rings is 2. The maximum atomic E-state index is 9.74. The van der Waals surface area contributed by atoms with Crippen LogP contribution in [0.5, 0.6) is 5.75 Å². The Kier molecular flexibility index (Phi) is 8.60. The maximum absolute atomic E-state index is 9.74. The van der Waals surface area contributed by atoms with Gasteiger partial charge >= 0.3 is 0 Å². The Hall–Kier alpha value is -1.76. The van der Waals surface area contributed by atoms with Crippen molar-refractivity contribution in [1.29, 1.82) is 0 Å². The van der Waals surface area contributed by atoms with Crippen molar-refractivity contribution in [3.05, 3.63) is 64.1 Å². The molecule has 0 saturated carbocycles. The fourth-order valence-electron chi connectivity index (χ4n) is 1.83. The van der Waals surface area contributed by atoms with Gasteiger partial charge in [0.25, 0.3) is 0 Å². The van der Waals surface area contributed by atoms with E-state index in [1.165, 1.54) is 0 Å². The van der Waals surface area contributed by atoms with Crippen LogP contribution in [0.3, 0.4) is 0 Å². The van der Waals surface area contributed by atoms with Crippen LogP contribution in [0.4, 0.5) is 0 Å². The summed E-state index contributed by atoms with van der Waals surface area (Å²) >= 11 is 3.51. The van der Waals surface area contributed by atoms with Gasteiger partial charge < -0.3 is 9.84 Å². The highest BCUT2D eigenvalue weighted by atomic mass is 79.9. The molecule has 0 fully saturated rings. The van der Waals surface area contributed by atoms with Crippen LogP contribution in [0, 0.1) is 11.8 Å². The molecule has 0 bridgehead atoms. The Labute approximate surface area is 154 Å². The van der Waals surface area contributed by atoms with Crippen LogP contribution in [0.2, 0.25) is 0 Å². The molecule has 0 saturated heterocycles. The highest BCUT2D eigenvalue weighted by Gasteiger charge is 2.10. The lowest BCUT2D eigenvalue weighted by atomic mass is 10.1. The second kappa shape index (κ2) is 10.2. The summed E-state index contributed by atoms with van der Waals surface area (Å²) in [6.45, 7) is 7.99. The smallest absolute Gasteiger partial charge is 0.136 e. The second-order valence-corrected chi connectivity index (χ2v) is 6.53. The molecule has 0 spiro atoms. The van der Waals surface area contributed by atoms with Crippen molar-refractivity contribution in [3.63, 3.8) is 0 Å². The van der Waals surface area contributed by atoms with Crippen LogP contribution < -0.4 is 4.74 Å². The SMILES string of the molecule is CC.CC(C)(O)CC#Cc1c(Br)cccc1OCc1ccccc1. The highest BCUT2D eigenvalue weighted by molar-refractivity contribution is 9.10. The van der Waals surface area contributed by atoms with Gasteiger partial charge in [-0.25, -0.2) is 0 Å². The first-order chi connectivity index (χ1) is 11.5. The third-order valence-corrected chi connectivity index (χ3v) is 3.61. The minimum atomic E-state index is -0.792. The zero-order valence-corrected chi connectivity index (χ0v) is 16.4. The molecule has 0 radical (unpaired) electrons. The summed E-state index contributed by atoms with van der Waals surface area (Å²) in [7, 11) is 0. The summed E-state index contributed by atoms with van der Waals surface area (Å²) in [4.78, 5) is 0. The molecule has 0 aliphatic rings. The van der Waals surface area contributed by atoms with E-state index >= 15 is 0 Å². The second-order valence-electron chi connectivity index (χ2n) is 5.68. The van der Waals surface area contributed by atoms with Crippen LogP contribution in [0.25, 0.3) is 0 Å². The van der Waals surface area contributed by atoms with Gasteiger partial charge in [-0.2, -0.15) is 0 Å². The van der Waals surface area contributed by atoms with Crippen molar-refractivity contribution in [1.82, 2.24) is 0 Å². The van der Waals surface area contributed by atoms with Gasteiger partial charge in [0.2, 0.25) is 0 Å². The lowest BCUT2D eigenvalue weighted by molar-refractivity contribution is 0.0862. The Bertz CT molecular complexity index is 676. The van der Waals surface area contributed by atoms with Gasteiger partial charge in [0.05, 0.1) is 11.2 Å². The average molecular weight is 389 g/mol. The highest BCUT2D eigenvalue weighted by Crippen LogP contribution is 2.26. The molecule has 0 amide bonds. The van der Waals surface area contributed by atoms with Crippen LogP contribution >= 0.6 is 15.9 Å². The topological polar surface area (TPSA) is 29.5 Å². The lowest BCUT2D eigenvalue weighted by Crippen LogP contribution is -2.16. The van der Waals surface area contributed by atoms with Gasteiger partial charge in [-0.3, -0.25) is 0 Å². The fourth-order valence-corrected chi connectivity index (χ4v) is 2.28. The molecule has 3 heteroatoms. The minimum Gasteiger partial charge on any atom is -0.488 e. The zero-order chi connectivity index (χ0) is 18.0. The molecule has 1 N–H and O–H groups in total. The Morgan fingerprint density at radius 1 is 1.04 bits per heavy atom. The van der Waals surface area contributed by atoms with Crippen LogP contribution in [0.1, 0.15) is 45.2 Å². The van der Waals surface area contributed by atoms with E-state index in [1.807, 2.05) is 62.4 Å². The van der Waals surface area contributed by atoms with Crippen molar-refractivity contribution in [2.45, 2.75) is 46.3 Å². The van der Waals surface area contributed by atoms with Gasteiger partial charge in [0, 0.05) is 10.9 Å². The summed E-state index contributed by atoms with van der Waals surface area (Å²) in [5, 5.41) is 9.74. The predicted octanol–water partition coefficient (Wildman–Crippen LogP) is 5.57. The van der Waals surface area contributed by atoms with Crippen molar-refractivity contribution >= 4 is 15.9 Å². The van der Waals surface area contributed by atoms with Crippen LogP contribution in [-0.4, -0.2) is 10.7 Å². The molecule has 0 aromatic heterocycles.